The standard InChI is InChI=1S/C6H9N3.C2H6/c1-5-4-7-9(8-5)6-2-3-6;1-2/h4,6H,2-3H2,1H3;1-2H3. The van der Waals surface area contributed by atoms with Gasteiger partial charge in [-0.05, 0) is 19.8 Å². The van der Waals surface area contributed by atoms with Crippen molar-refractivity contribution in [2.75, 3.05) is 0 Å². The Kier molecular flexibility index (Phi) is 2.63. The highest BCUT2D eigenvalue weighted by Gasteiger charge is 2.25. The summed E-state index contributed by atoms with van der Waals surface area (Å²) in [6.45, 7) is 5.96. The predicted molar refractivity (Wildman–Crippen MR) is 44.4 cm³/mol. The molecule has 1 aliphatic carbocycles. The fourth-order valence-electron chi connectivity index (χ4n) is 0.837. The largest absolute Gasteiger partial charge is 0.182 e. The van der Waals surface area contributed by atoms with Crippen LogP contribution in [0.2, 0.25) is 0 Å². The summed E-state index contributed by atoms with van der Waals surface area (Å²) in [5.74, 6) is 0. The molecule has 1 saturated carbocycles. The topological polar surface area (TPSA) is 30.7 Å². The quantitative estimate of drug-likeness (QED) is 0.617. The van der Waals surface area contributed by atoms with E-state index >= 15 is 0 Å². The molecule has 0 atom stereocenters. The van der Waals surface area contributed by atoms with Gasteiger partial charge in [0.15, 0.2) is 0 Å². The van der Waals surface area contributed by atoms with Crippen LogP contribution in [0.5, 0.6) is 0 Å². The Morgan fingerprint density at radius 3 is 2.45 bits per heavy atom. The minimum absolute atomic E-state index is 0.624. The summed E-state index contributed by atoms with van der Waals surface area (Å²) in [6, 6.07) is 0.624. The molecule has 0 aromatic carbocycles. The second-order valence-corrected chi connectivity index (χ2v) is 2.54. The van der Waals surface area contributed by atoms with Crippen LogP contribution in [0, 0.1) is 6.92 Å². The summed E-state index contributed by atoms with van der Waals surface area (Å²) >= 11 is 0. The van der Waals surface area contributed by atoms with Gasteiger partial charge in [0.2, 0.25) is 0 Å². The van der Waals surface area contributed by atoms with Crippen molar-refractivity contribution in [1.82, 2.24) is 15.0 Å². The van der Waals surface area contributed by atoms with Crippen molar-refractivity contribution >= 4 is 0 Å². The fourth-order valence-corrected chi connectivity index (χ4v) is 0.837. The van der Waals surface area contributed by atoms with Gasteiger partial charge in [0, 0.05) is 0 Å². The Balaban J connectivity index is 0.000000281. The normalized spacial score (nSPS) is 15.5. The van der Waals surface area contributed by atoms with Crippen LogP contribution in [0.25, 0.3) is 0 Å². The molecular weight excluding hydrogens is 138 g/mol. The van der Waals surface area contributed by atoms with Crippen molar-refractivity contribution < 1.29 is 0 Å². The van der Waals surface area contributed by atoms with Gasteiger partial charge in [-0.1, -0.05) is 13.8 Å². The fraction of sp³-hybridized carbons (Fsp3) is 0.750. The van der Waals surface area contributed by atoms with E-state index in [2.05, 4.69) is 10.2 Å². The molecule has 11 heavy (non-hydrogen) atoms. The molecule has 1 aromatic rings. The number of rotatable bonds is 1. The highest BCUT2D eigenvalue weighted by molar-refractivity contribution is 4.88. The Hall–Kier alpha value is -0.860. The predicted octanol–water partition coefficient (Wildman–Crippen LogP) is 1.95. The monoisotopic (exact) mass is 153 g/mol. The molecule has 0 spiro atoms. The third-order valence-electron chi connectivity index (χ3n) is 1.50. The van der Waals surface area contributed by atoms with E-state index in [9.17, 15) is 0 Å². The minimum atomic E-state index is 0.624. The molecule has 1 aromatic heterocycles. The van der Waals surface area contributed by atoms with Crippen LogP contribution in [-0.2, 0) is 0 Å². The zero-order valence-electron chi connectivity index (χ0n) is 7.41. The molecule has 0 N–H and O–H groups in total. The molecule has 0 saturated heterocycles. The molecule has 3 heteroatoms. The maximum atomic E-state index is 4.18. The average Bonchev–Trinajstić information content (AvgIpc) is 2.80. The van der Waals surface area contributed by atoms with Gasteiger partial charge in [-0.25, -0.2) is 0 Å². The molecule has 0 aliphatic heterocycles. The Labute approximate surface area is 67.4 Å². The molecule has 0 unspecified atom stereocenters. The highest BCUT2D eigenvalue weighted by atomic mass is 15.5. The van der Waals surface area contributed by atoms with Crippen LogP contribution in [0.15, 0.2) is 6.20 Å². The third kappa shape index (κ3) is 2.03. The molecule has 3 nitrogen and oxygen atoms in total. The number of hydrogen-bond acceptors (Lipinski definition) is 2. The number of aromatic nitrogens is 3. The first-order valence-corrected chi connectivity index (χ1v) is 4.25. The van der Waals surface area contributed by atoms with Crippen molar-refractivity contribution in [2.24, 2.45) is 0 Å². The van der Waals surface area contributed by atoms with E-state index in [1.54, 1.807) is 6.20 Å². The van der Waals surface area contributed by atoms with E-state index < -0.39 is 0 Å². The summed E-state index contributed by atoms with van der Waals surface area (Å²) in [6.07, 6.45) is 4.32. The van der Waals surface area contributed by atoms with E-state index in [1.807, 2.05) is 25.6 Å². The van der Waals surface area contributed by atoms with Gasteiger partial charge in [0.25, 0.3) is 0 Å². The van der Waals surface area contributed by atoms with Gasteiger partial charge in [-0.2, -0.15) is 15.0 Å². The lowest BCUT2D eigenvalue weighted by atomic mass is 10.6. The molecule has 1 fully saturated rings. The molecule has 2 rings (SSSR count). The zero-order valence-corrected chi connectivity index (χ0v) is 7.41. The van der Waals surface area contributed by atoms with E-state index in [0.717, 1.165) is 5.69 Å². The van der Waals surface area contributed by atoms with Crippen molar-refractivity contribution in [3.05, 3.63) is 11.9 Å². The summed E-state index contributed by atoms with van der Waals surface area (Å²) in [5, 5.41) is 8.26. The summed E-state index contributed by atoms with van der Waals surface area (Å²) in [7, 11) is 0. The third-order valence-corrected chi connectivity index (χ3v) is 1.50. The lowest BCUT2D eigenvalue weighted by molar-refractivity contribution is 0.550. The van der Waals surface area contributed by atoms with Crippen LogP contribution >= 0.6 is 0 Å². The molecule has 0 bridgehead atoms. The Bertz CT molecular complexity index is 213. The van der Waals surface area contributed by atoms with Crippen LogP contribution in [-0.4, -0.2) is 15.0 Å². The second-order valence-electron chi connectivity index (χ2n) is 2.54. The maximum absolute atomic E-state index is 4.18. The molecule has 62 valence electrons. The van der Waals surface area contributed by atoms with E-state index in [1.165, 1.54) is 12.8 Å². The smallest absolute Gasteiger partial charge is 0.0796 e. The first-order chi connectivity index (χ1) is 5.36. The lowest BCUT2D eigenvalue weighted by Crippen LogP contribution is -1.97. The minimum Gasteiger partial charge on any atom is -0.182 e. The van der Waals surface area contributed by atoms with E-state index in [4.69, 9.17) is 0 Å². The average molecular weight is 153 g/mol. The van der Waals surface area contributed by atoms with Gasteiger partial charge in [0.1, 0.15) is 0 Å². The number of aryl methyl sites for hydroxylation is 1. The van der Waals surface area contributed by atoms with Gasteiger partial charge < -0.3 is 0 Å². The van der Waals surface area contributed by atoms with Gasteiger partial charge in [-0.15, -0.1) is 0 Å². The summed E-state index contributed by atoms with van der Waals surface area (Å²) in [4.78, 5) is 1.81. The Morgan fingerprint density at radius 2 is 2.09 bits per heavy atom. The van der Waals surface area contributed by atoms with E-state index in [-0.39, 0.29) is 0 Å². The molecule has 0 amide bonds. The molecule has 1 aliphatic rings. The van der Waals surface area contributed by atoms with Crippen molar-refractivity contribution in [2.45, 2.75) is 39.7 Å². The van der Waals surface area contributed by atoms with Gasteiger partial charge in [0.05, 0.1) is 17.9 Å². The zero-order chi connectivity index (χ0) is 8.27. The highest BCUT2D eigenvalue weighted by Crippen LogP contribution is 2.32. The van der Waals surface area contributed by atoms with Crippen molar-refractivity contribution in [1.29, 1.82) is 0 Å². The number of nitrogens with zero attached hydrogens (tertiary/aromatic N) is 3. The second kappa shape index (κ2) is 3.51. The van der Waals surface area contributed by atoms with Crippen LogP contribution in [0.1, 0.15) is 38.4 Å². The molecular formula is C8H15N3. The van der Waals surface area contributed by atoms with E-state index in [0.29, 0.717) is 6.04 Å². The van der Waals surface area contributed by atoms with Crippen molar-refractivity contribution in [3.8, 4) is 0 Å². The van der Waals surface area contributed by atoms with Crippen LogP contribution in [0.4, 0.5) is 0 Å². The maximum Gasteiger partial charge on any atom is 0.0796 e. The lowest BCUT2D eigenvalue weighted by Gasteiger charge is -1.89. The SMILES string of the molecule is CC.Cc1cnn(C2CC2)n1. The van der Waals surface area contributed by atoms with Gasteiger partial charge in [-0.3, -0.25) is 0 Å². The Morgan fingerprint density at radius 1 is 1.45 bits per heavy atom. The summed E-state index contributed by atoms with van der Waals surface area (Å²) < 4.78 is 0. The molecule has 1 heterocycles. The van der Waals surface area contributed by atoms with Crippen LogP contribution < -0.4 is 0 Å². The summed E-state index contributed by atoms with van der Waals surface area (Å²) in [5.41, 5.74) is 1.02. The van der Waals surface area contributed by atoms with Gasteiger partial charge >= 0.3 is 0 Å². The first kappa shape index (κ1) is 8.24. The number of hydrogen-bond donors (Lipinski definition) is 0. The van der Waals surface area contributed by atoms with Crippen LogP contribution in [0.3, 0.4) is 0 Å². The first-order valence-electron chi connectivity index (χ1n) is 4.25. The van der Waals surface area contributed by atoms with Crippen molar-refractivity contribution in [3.63, 3.8) is 0 Å². The molecule has 0 radical (unpaired) electrons.